The number of aryl methyl sites for hydroxylation is 1. The molecule has 0 aliphatic carbocycles. The van der Waals surface area contributed by atoms with E-state index in [-0.39, 0.29) is 0 Å². The molecule has 0 spiro atoms. The summed E-state index contributed by atoms with van der Waals surface area (Å²) in [7, 11) is 0. The van der Waals surface area contributed by atoms with Crippen molar-refractivity contribution in [3.05, 3.63) is 45.6 Å². The highest BCUT2D eigenvalue weighted by Crippen LogP contribution is 2.37. The summed E-state index contributed by atoms with van der Waals surface area (Å²) in [5.74, 6) is -0.569. The molecule has 0 bridgehead atoms. The van der Waals surface area contributed by atoms with Crippen LogP contribution in [0.5, 0.6) is 0 Å². The molecule has 0 radical (unpaired) electrons. The van der Waals surface area contributed by atoms with E-state index in [2.05, 4.69) is 5.16 Å². The van der Waals surface area contributed by atoms with Crippen molar-refractivity contribution >= 4 is 35.2 Å². The van der Waals surface area contributed by atoms with Crippen LogP contribution in [0, 0.1) is 6.92 Å². The Morgan fingerprint density at radius 2 is 2.00 bits per heavy atom. The van der Waals surface area contributed by atoms with Gasteiger partial charge in [0.15, 0.2) is 0 Å². The third kappa shape index (κ3) is 2.80. The van der Waals surface area contributed by atoms with Gasteiger partial charge in [0.2, 0.25) is 0 Å². The summed E-state index contributed by atoms with van der Waals surface area (Å²) in [5.41, 5.74) is 1.48. The van der Waals surface area contributed by atoms with Crippen LogP contribution in [0.15, 0.2) is 28.8 Å². The first-order valence-electron chi connectivity index (χ1n) is 5.32. The number of nitrogens with zero attached hydrogens (tertiary/aromatic N) is 1. The first kappa shape index (κ1) is 13.6. The van der Waals surface area contributed by atoms with E-state index < -0.39 is 5.97 Å². The minimum absolute atomic E-state index is 0.422. The van der Waals surface area contributed by atoms with Gasteiger partial charge in [0.05, 0.1) is 10.0 Å². The molecular weight excluding hydrogens is 289 g/mol. The molecule has 1 aromatic carbocycles. The zero-order valence-electron chi connectivity index (χ0n) is 9.85. The van der Waals surface area contributed by atoms with E-state index in [0.717, 1.165) is 6.08 Å². The van der Waals surface area contributed by atoms with Gasteiger partial charge >= 0.3 is 5.97 Å². The van der Waals surface area contributed by atoms with Gasteiger partial charge < -0.3 is 9.63 Å². The summed E-state index contributed by atoms with van der Waals surface area (Å²) in [6.45, 7) is 1.68. The molecule has 6 heteroatoms. The predicted molar refractivity (Wildman–Crippen MR) is 73.4 cm³/mol. The van der Waals surface area contributed by atoms with Gasteiger partial charge in [-0.1, -0.05) is 34.4 Å². The maximum atomic E-state index is 10.6. The third-order valence-electron chi connectivity index (χ3n) is 2.50. The number of carboxylic acids is 1. The highest BCUT2D eigenvalue weighted by atomic mass is 35.5. The monoisotopic (exact) mass is 297 g/mol. The van der Waals surface area contributed by atoms with E-state index >= 15 is 0 Å². The fraction of sp³-hybridized carbons (Fsp3) is 0.0769. The lowest BCUT2D eigenvalue weighted by molar-refractivity contribution is -0.131. The van der Waals surface area contributed by atoms with Crippen molar-refractivity contribution < 1.29 is 14.4 Å². The zero-order valence-corrected chi connectivity index (χ0v) is 11.4. The lowest BCUT2D eigenvalue weighted by atomic mass is 10.1. The second-order valence-corrected chi connectivity index (χ2v) is 4.58. The van der Waals surface area contributed by atoms with E-state index in [9.17, 15) is 4.79 Å². The van der Waals surface area contributed by atoms with Crippen LogP contribution in [-0.2, 0) is 4.79 Å². The Morgan fingerprint density at radius 3 is 2.58 bits per heavy atom. The number of hydrogen-bond acceptors (Lipinski definition) is 3. The SMILES string of the molecule is Cc1onc(-c2c(Cl)cccc2Cl)c1/C=C/C(=O)O. The quantitative estimate of drug-likeness (QED) is 0.868. The molecule has 1 aromatic heterocycles. The largest absolute Gasteiger partial charge is 0.478 e. The summed E-state index contributed by atoms with van der Waals surface area (Å²) >= 11 is 12.2. The Hall–Kier alpha value is -1.78. The molecule has 0 aliphatic rings. The van der Waals surface area contributed by atoms with Gasteiger partial charge in [0.1, 0.15) is 11.5 Å². The normalized spacial score (nSPS) is 11.1. The number of aliphatic carboxylic acids is 1. The van der Waals surface area contributed by atoms with Crippen LogP contribution in [0.25, 0.3) is 17.3 Å². The smallest absolute Gasteiger partial charge is 0.328 e. The highest BCUT2D eigenvalue weighted by Gasteiger charge is 2.18. The maximum Gasteiger partial charge on any atom is 0.328 e. The van der Waals surface area contributed by atoms with Crippen molar-refractivity contribution in [1.29, 1.82) is 0 Å². The molecule has 0 fully saturated rings. The number of benzene rings is 1. The second-order valence-electron chi connectivity index (χ2n) is 3.77. The minimum Gasteiger partial charge on any atom is -0.478 e. The molecule has 19 heavy (non-hydrogen) atoms. The highest BCUT2D eigenvalue weighted by molar-refractivity contribution is 6.39. The standard InChI is InChI=1S/C13H9Cl2NO3/c1-7-8(5-6-11(17)18)13(16-19-7)12-9(14)3-2-4-10(12)15/h2-6H,1H3,(H,17,18)/b6-5+. The van der Waals surface area contributed by atoms with E-state index in [1.807, 2.05) is 0 Å². The Morgan fingerprint density at radius 1 is 1.37 bits per heavy atom. The van der Waals surface area contributed by atoms with Crippen molar-refractivity contribution in [2.24, 2.45) is 0 Å². The molecule has 0 amide bonds. The topological polar surface area (TPSA) is 63.3 Å². The van der Waals surface area contributed by atoms with Crippen LogP contribution in [0.4, 0.5) is 0 Å². The maximum absolute atomic E-state index is 10.6. The van der Waals surface area contributed by atoms with E-state index in [1.54, 1.807) is 25.1 Å². The molecule has 0 saturated carbocycles. The number of hydrogen-bond donors (Lipinski definition) is 1. The van der Waals surface area contributed by atoms with Gasteiger partial charge in [0, 0.05) is 17.2 Å². The van der Waals surface area contributed by atoms with Gasteiger partial charge in [-0.05, 0) is 25.1 Å². The summed E-state index contributed by atoms with van der Waals surface area (Å²) in [6, 6.07) is 5.07. The average Bonchev–Trinajstić information content (AvgIpc) is 2.68. The van der Waals surface area contributed by atoms with Gasteiger partial charge in [-0.3, -0.25) is 0 Å². The second kappa shape index (κ2) is 5.47. The number of halogens is 2. The Balaban J connectivity index is 2.61. The van der Waals surface area contributed by atoms with Crippen molar-refractivity contribution in [2.75, 3.05) is 0 Å². The van der Waals surface area contributed by atoms with E-state index in [0.29, 0.717) is 32.6 Å². The van der Waals surface area contributed by atoms with Gasteiger partial charge in [-0.15, -0.1) is 0 Å². The first-order valence-corrected chi connectivity index (χ1v) is 6.08. The molecule has 2 rings (SSSR count). The molecule has 1 N–H and O–H groups in total. The van der Waals surface area contributed by atoms with Crippen LogP contribution >= 0.6 is 23.2 Å². The number of carboxylic acid groups (broad SMARTS) is 1. The summed E-state index contributed by atoms with van der Waals surface area (Å²) in [5, 5.41) is 13.4. The van der Waals surface area contributed by atoms with Gasteiger partial charge in [-0.2, -0.15) is 0 Å². The predicted octanol–water partition coefficient (Wildman–Crippen LogP) is 4.05. The zero-order chi connectivity index (χ0) is 14.0. The van der Waals surface area contributed by atoms with Crippen molar-refractivity contribution in [3.63, 3.8) is 0 Å². The number of rotatable bonds is 3. The summed E-state index contributed by atoms with van der Waals surface area (Å²) in [6.07, 6.45) is 2.41. The fourth-order valence-electron chi connectivity index (χ4n) is 1.63. The Kier molecular flexibility index (Phi) is 3.93. The van der Waals surface area contributed by atoms with Gasteiger partial charge in [0.25, 0.3) is 0 Å². The molecule has 1 heterocycles. The van der Waals surface area contributed by atoms with Gasteiger partial charge in [-0.25, -0.2) is 4.79 Å². The van der Waals surface area contributed by atoms with Crippen LogP contribution < -0.4 is 0 Å². The molecule has 2 aromatic rings. The minimum atomic E-state index is -1.06. The van der Waals surface area contributed by atoms with Crippen LogP contribution in [0.1, 0.15) is 11.3 Å². The lowest BCUT2D eigenvalue weighted by Gasteiger charge is -2.04. The van der Waals surface area contributed by atoms with Crippen molar-refractivity contribution in [3.8, 4) is 11.3 Å². The van der Waals surface area contributed by atoms with Crippen molar-refractivity contribution in [1.82, 2.24) is 5.16 Å². The molecule has 0 unspecified atom stereocenters. The van der Waals surface area contributed by atoms with E-state index in [4.69, 9.17) is 32.8 Å². The summed E-state index contributed by atoms with van der Waals surface area (Å²) in [4.78, 5) is 10.6. The van der Waals surface area contributed by atoms with Crippen LogP contribution in [-0.4, -0.2) is 16.2 Å². The number of carbonyl (C=O) groups is 1. The molecule has 4 nitrogen and oxygen atoms in total. The molecular formula is C13H9Cl2NO3. The third-order valence-corrected chi connectivity index (χ3v) is 3.13. The fourth-order valence-corrected chi connectivity index (χ4v) is 2.21. The molecule has 0 atom stereocenters. The summed E-state index contributed by atoms with van der Waals surface area (Å²) < 4.78 is 5.08. The molecule has 0 aliphatic heterocycles. The van der Waals surface area contributed by atoms with Crippen LogP contribution in [0.3, 0.4) is 0 Å². The van der Waals surface area contributed by atoms with Crippen molar-refractivity contribution in [2.45, 2.75) is 6.92 Å². The average molecular weight is 298 g/mol. The van der Waals surface area contributed by atoms with E-state index in [1.165, 1.54) is 6.08 Å². The first-order chi connectivity index (χ1) is 9.00. The lowest BCUT2D eigenvalue weighted by Crippen LogP contribution is -1.88. The Bertz CT molecular complexity index is 642. The number of aromatic nitrogens is 1. The van der Waals surface area contributed by atoms with Crippen LogP contribution in [0.2, 0.25) is 10.0 Å². The Labute approximate surface area is 119 Å². The molecule has 98 valence electrons. The molecule has 0 saturated heterocycles.